The summed E-state index contributed by atoms with van der Waals surface area (Å²) in [5.74, 6) is -0.323. The maximum atomic E-state index is 13.1. The lowest BCUT2D eigenvalue weighted by atomic mass is 10.1. The van der Waals surface area contributed by atoms with Crippen molar-refractivity contribution in [3.05, 3.63) is 47.4 Å². The van der Waals surface area contributed by atoms with E-state index in [4.69, 9.17) is 11.6 Å². The van der Waals surface area contributed by atoms with Crippen LogP contribution in [-0.2, 0) is 0 Å². The molecule has 0 unspecified atom stereocenters. The molecular formula is C12H10ClFN2. The summed E-state index contributed by atoms with van der Waals surface area (Å²) in [4.78, 5) is 4.17. The van der Waals surface area contributed by atoms with Crippen LogP contribution in [0.5, 0.6) is 0 Å². The number of pyridine rings is 1. The fraction of sp³-hybridized carbons (Fsp3) is 0.0833. The summed E-state index contributed by atoms with van der Waals surface area (Å²) < 4.78 is 13.1. The van der Waals surface area contributed by atoms with Gasteiger partial charge in [-0.2, -0.15) is 0 Å². The minimum absolute atomic E-state index is 0.323. The molecule has 0 fully saturated rings. The molecule has 16 heavy (non-hydrogen) atoms. The number of hydrogen-bond acceptors (Lipinski definition) is 2. The molecule has 2 nitrogen and oxygen atoms in total. The van der Waals surface area contributed by atoms with Crippen molar-refractivity contribution in [2.45, 2.75) is 0 Å². The van der Waals surface area contributed by atoms with Gasteiger partial charge >= 0.3 is 0 Å². The van der Waals surface area contributed by atoms with E-state index < -0.39 is 0 Å². The second kappa shape index (κ2) is 4.49. The van der Waals surface area contributed by atoms with Crippen LogP contribution in [0.15, 0.2) is 36.5 Å². The van der Waals surface area contributed by atoms with E-state index in [1.54, 1.807) is 6.20 Å². The molecule has 0 atom stereocenters. The SMILES string of the molecule is CNc1ccnc(-c2cc(F)ccc2Cl)c1. The monoisotopic (exact) mass is 236 g/mol. The summed E-state index contributed by atoms with van der Waals surface area (Å²) in [5, 5.41) is 3.48. The van der Waals surface area contributed by atoms with Crippen LogP contribution in [0.1, 0.15) is 0 Å². The Balaban J connectivity index is 2.53. The van der Waals surface area contributed by atoms with Crippen molar-refractivity contribution in [3.63, 3.8) is 0 Å². The smallest absolute Gasteiger partial charge is 0.123 e. The predicted octanol–water partition coefficient (Wildman–Crippen LogP) is 3.58. The normalized spacial score (nSPS) is 10.2. The fourth-order valence-electron chi connectivity index (χ4n) is 1.43. The largest absolute Gasteiger partial charge is 0.388 e. The predicted molar refractivity (Wildman–Crippen MR) is 64.2 cm³/mol. The quantitative estimate of drug-likeness (QED) is 0.862. The topological polar surface area (TPSA) is 24.9 Å². The van der Waals surface area contributed by atoms with E-state index in [-0.39, 0.29) is 5.82 Å². The average Bonchev–Trinajstić information content (AvgIpc) is 2.32. The first-order valence-corrected chi connectivity index (χ1v) is 5.18. The van der Waals surface area contributed by atoms with Crippen LogP contribution in [0.25, 0.3) is 11.3 Å². The van der Waals surface area contributed by atoms with Crippen LogP contribution < -0.4 is 5.32 Å². The molecule has 0 aliphatic carbocycles. The molecule has 0 saturated heterocycles. The summed E-state index contributed by atoms with van der Waals surface area (Å²) in [6, 6.07) is 7.88. The van der Waals surface area contributed by atoms with Gasteiger partial charge in [-0.25, -0.2) is 4.39 Å². The third-order valence-corrected chi connectivity index (χ3v) is 2.58. The summed E-state index contributed by atoms with van der Waals surface area (Å²) in [6.45, 7) is 0. The molecule has 4 heteroatoms. The molecule has 2 rings (SSSR count). The first-order chi connectivity index (χ1) is 7.70. The van der Waals surface area contributed by atoms with E-state index in [1.807, 2.05) is 19.2 Å². The average molecular weight is 237 g/mol. The minimum Gasteiger partial charge on any atom is -0.388 e. The zero-order chi connectivity index (χ0) is 11.5. The van der Waals surface area contributed by atoms with E-state index in [2.05, 4.69) is 10.3 Å². The van der Waals surface area contributed by atoms with Gasteiger partial charge in [0.05, 0.1) is 10.7 Å². The van der Waals surface area contributed by atoms with Crippen LogP contribution in [0.3, 0.4) is 0 Å². The Bertz CT molecular complexity index is 514. The number of aromatic nitrogens is 1. The second-order valence-electron chi connectivity index (χ2n) is 3.30. The highest BCUT2D eigenvalue weighted by Gasteiger charge is 2.06. The Hall–Kier alpha value is -1.61. The number of halogens is 2. The van der Waals surface area contributed by atoms with Gasteiger partial charge in [0, 0.05) is 24.5 Å². The van der Waals surface area contributed by atoms with E-state index in [1.165, 1.54) is 18.2 Å². The highest BCUT2D eigenvalue weighted by Crippen LogP contribution is 2.28. The van der Waals surface area contributed by atoms with Gasteiger partial charge in [-0.05, 0) is 30.3 Å². The van der Waals surface area contributed by atoms with Crippen molar-refractivity contribution in [1.29, 1.82) is 0 Å². The lowest BCUT2D eigenvalue weighted by Gasteiger charge is -2.06. The Morgan fingerprint density at radius 3 is 2.81 bits per heavy atom. The molecule has 0 radical (unpaired) electrons. The van der Waals surface area contributed by atoms with Crippen molar-refractivity contribution in [2.24, 2.45) is 0 Å². The van der Waals surface area contributed by atoms with E-state index in [0.717, 1.165) is 5.69 Å². The minimum atomic E-state index is -0.323. The molecule has 0 aliphatic rings. The van der Waals surface area contributed by atoms with Crippen LogP contribution in [0.4, 0.5) is 10.1 Å². The molecule has 0 spiro atoms. The van der Waals surface area contributed by atoms with Crippen molar-refractivity contribution < 1.29 is 4.39 Å². The van der Waals surface area contributed by atoms with Gasteiger partial charge in [-0.1, -0.05) is 11.6 Å². The molecule has 0 amide bonds. The van der Waals surface area contributed by atoms with Gasteiger partial charge in [0.2, 0.25) is 0 Å². The van der Waals surface area contributed by atoms with Gasteiger partial charge in [0.1, 0.15) is 5.82 Å². The van der Waals surface area contributed by atoms with Gasteiger partial charge < -0.3 is 5.32 Å². The highest BCUT2D eigenvalue weighted by molar-refractivity contribution is 6.33. The zero-order valence-corrected chi connectivity index (χ0v) is 9.42. The van der Waals surface area contributed by atoms with Crippen LogP contribution in [0, 0.1) is 5.82 Å². The van der Waals surface area contributed by atoms with Gasteiger partial charge in [-0.3, -0.25) is 4.98 Å². The maximum Gasteiger partial charge on any atom is 0.123 e. The summed E-state index contributed by atoms with van der Waals surface area (Å²) >= 11 is 6.00. The number of hydrogen-bond donors (Lipinski definition) is 1. The van der Waals surface area contributed by atoms with Gasteiger partial charge in [0.15, 0.2) is 0 Å². The first-order valence-electron chi connectivity index (χ1n) is 4.80. The zero-order valence-electron chi connectivity index (χ0n) is 8.67. The van der Waals surface area contributed by atoms with Gasteiger partial charge in [-0.15, -0.1) is 0 Å². The number of nitrogens with one attached hydrogen (secondary N) is 1. The summed E-state index contributed by atoms with van der Waals surface area (Å²) in [6.07, 6.45) is 1.66. The van der Waals surface area contributed by atoms with Crippen LogP contribution >= 0.6 is 11.6 Å². The Morgan fingerprint density at radius 2 is 2.06 bits per heavy atom. The summed E-state index contributed by atoms with van der Waals surface area (Å²) in [5.41, 5.74) is 2.15. The van der Waals surface area contributed by atoms with E-state index in [0.29, 0.717) is 16.3 Å². The van der Waals surface area contributed by atoms with Crippen molar-refractivity contribution in [3.8, 4) is 11.3 Å². The molecule has 2 aromatic rings. The molecule has 0 bridgehead atoms. The fourth-order valence-corrected chi connectivity index (χ4v) is 1.64. The van der Waals surface area contributed by atoms with Crippen molar-refractivity contribution >= 4 is 17.3 Å². The van der Waals surface area contributed by atoms with Gasteiger partial charge in [0.25, 0.3) is 0 Å². The summed E-state index contributed by atoms with van der Waals surface area (Å²) in [7, 11) is 1.81. The Labute approximate surface area is 98.1 Å². The molecule has 1 heterocycles. The lowest BCUT2D eigenvalue weighted by Crippen LogP contribution is -1.91. The van der Waals surface area contributed by atoms with E-state index >= 15 is 0 Å². The highest BCUT2D eigenvalue weighted by atomic mass is 35.5. The molecular weight excluding hydrogens is 227 g/mol. The Kier molecular flexibility index (Phi) is 3.06. The van der Waals surface area contributed by atoms with Crippen molar-refractivity contribution in [1.82, 2.24) is 4.98 Å². The number of rotatable bonds is 2. The molecule has 82 valence electrons. The standard InChI is InChI=1S/C12H10ClFN2/c1-15-9-4-5-16-12(7-9)10-6-8(14)2-3-11(10)13/h2-7H,1H3,(H,15,16). The van der Waals surface area contributed by atoms with E-state index in [9.17, 15) is 4.39 Å². The molecule has 0 aliphatic heterocycles. The van der Waals surface area contributed by atoms with Crippen LogP contribution in [0.2, 0.25) is 5.02 Å². The third kappa shape index (κ3) is 2.14. The second-order valence-corrected chi connectivity index (χ2v) is 3.71. The molecule has 0 saturated carbocycles. The van der Waals surface area contributed by atoms with Crippen LogP contribution in [-0.4, -0.2) is 12.0 Å². The molecule has 1 N–H and O–H groups in total. The maximum absolute atomic E-state index is 13.1. The Morgan fingerprint density at radius 1 is 1.25 bits per heavy atom. The number of nitrogens with zero attached hydrogens (tertiary/aromatic N) is 1. The molecule has 1 aromatic heterocycles. The first kappa shape index (κ1) is 10.9. The third-order valence-electron chi connectivity index (χ3n) is 2.25. The molecule has 1 aromatic carbocycles. The number of anilines is 1. The lowest BCUT2D eigenvalue weighted by molar-refractivity contribution is 0.628. The van der Waals surface area contributed by atoms with Crippen molar-refractivity contribution in [2.75, 3.05) is 12.4 Å². The number of benzene rings is 1.